The van der Waals surface area contributed by atoms with Crippen LogP contribution in [0.5, 0.6) is 0 Å². The van der Waals surface area contributed by atoms with Gasteiger partial charge in [0.1, 0.15) is 0 Å². The summed E-state index contributed by atoms with van der Waals surface area (Å²) in [6.45, 7) is 4.02. The molecule has 0 radical (unpaired) electrons. The van der Waals surface area contributed by atoms with Crippen LogP contribution in [0.2, 0.25) is 5.02 Å². The first-order valence-electron chi connectivity index (χ1n) is 6.01. The quantitative estimate of drug-likeness (QED) is 0.857. The molecule has 0 spiro atoms. The molecular formula is C15H16ClNS. The third kappa shape index (κ3) is 3.77. The average molecular weight is 278 g/mol. The molecule has 1 N–H and O–H groups in total. The number of nitrogens with one attached hydrogen (secondary N) is 1. The summed E-state index contributed by atoms with van der Waals surface area (Å²) in [5.74, 6) is 0. The van der Waals surface area contributed by atoms with E-state index in [-0.39, 0.29) is 0 Å². The molecule has 0 amide bonds. The van der Waals surface area contributed by atoms with Crippen LogP contribution >= 0.6 is 23.4 Å². The molecule has 0 aromatic heterocycles. The maximum absolute atomic E-state index is 5.90. The first kappa shape index (κ1) is 13.5. The molecule has 0 aliphatic heterocycles. The van der Waals surface area contributed by atoms with Crippen molar-refractivity contribution in [1.29, 1.82) is 0 Å². The van der Waals surface area contributed by atoms with Gasteiger partial charge in [0.05, 0.1) is 0 Å². The minimum absolute atomic E-state index is 0.778. The highest BCUT2D eigenvalue weighted by Crippen LogP contribution is 2.31. The second kappa shape index (κ2) is 6.83. The molecule has 0 aliphatic carbocycles. The van der Waals surface area contributed by atoms with Crippen LogP contribution in [0.4, 0.5) is 0 Å². The topological polar surface area (TPSA) is 12.0 Å². The molecule has 94 valence electrons. The number of hydrogen-bond acceptors (Lipinski definition) is 2. The molecule has 2 rings (SSSR count). The molecule has 0 saturated heterocycles. The van der Waals surface area contributed by atoms with Gasteiger partial charge in [0.25, 0.3) is 0 Å². The molecule has 0 aliphatic rings. The van der Waals surface area contributed by atoms with Gasteiger partial charge in [-0.15, -0.1) is 0 Å². The van der Waals surface area contributed by atoms with Gasteiger partial charge in [-0.1, -0.05) is 48.5 Å². The molecule has 2 aromatic carbocycles. The normalized spacial score (nSPS) is 10.6. The van der Waals surface area contributed by atoms with E-state index in [1.54, 1.807) is 11.8 Å². The Kier molecular flexibility index (Phi) is 5.12. The minimum Gasteiger partial charge on any atom is -0.313 e. The maximum atomic E-state index is 5.90. The van der Waals surface area contributed by atoms with Crippen molar-refractivity contribution in [1.82, 2.24) is 5.32 Å². The van der Waals surface area contributed by atoms with Gasteiger partial charge in [-0.3, -0.25) is 0 Å². The highest BCUT2D eigenvalue weighted by Gasteiger charge is 2.03. The lowest BCUT2D eigenvalue weighted by Gasteiger charge is -2.09. The van der Waals surface area contributed by atoms with Crippen LogP contribution in [0.1, 0.15) is 12.5 Å². The summed E-state index contributed by atoms with van der Waals surface area (Å²) >= 11 is 7.67. The van der Waals surface area contributed by atoms with Crippen LogP contribution < -0.4 is 5.32 Å². The van der Waals surface area contributed by atoms with E-state index < -0.39 is 0 Å². The van der Waals surface area contributed by atoms with Gasteiger partial charge >= 0.3 is 0 Å². The predicted octanol–water partition coefficient (Wildman–Crippen LogP) is 4.60. The zero-order valence-corrected chi connectivity index (χ0v) is 11.9. The molecule has 0 atom stereocenters. The summed E-state index contributed by atoms with van der Waals surface area (Å²) in [5.41, 5.74) is 1.33. The number of hydrogen-bond donors (Lipinski definition) is 1. The van der Waals surface area contributed by atoms with Crippen molar-refractivity contribution in [3.8, 4) is 0 Å². The van der Waals surface area contributed by atoms with Gasteiger partial charge in [0.15, 0.2) is 0 Å². The lowest BCUT2D eigenvalue weighted by molar-refractivity contribution is 0.718. The molecule has 0 unspecified atom stereocenters. The van der Waals surface area contributed by atoms with Gasteiger partial charge in [-0.05, 0) is 42.4 Å². The molecule has 0 bridgehead atoms. The molecule has 1 nitrogen and oxygen atoms in total. The van der Waals surface area contributed by atoms with Crippen molar-refractivity contribution in [2.45, 2.75) is 23.3 Å². The summed E-state index contributed by atoms with van der Waals surface area (Å²) in [4.78, 5) is 2.50. The van der Waals surface area contributed by atoms with E-state index in [2.05, 4.69) is 48.6 Å². The Morgan fingerprint density at radius 3 is 2.50 bits per heavy atom. The SMILES string of the molecule is CCNCc1ccccc1Sc1ccc(Cl)cc1. The zero-order valence-electron chi connectivity index (χ0n) is 10.3. The van der Waals surface area contributed by atoms with Crippen LogP contribution in [-0.2, 0) is 6.54 Å². The second-order valence-corrected chi connectivity index (χ2v) is 5.50. The van der Waals surface area contributed by atoms with E-state index in [0.717, 1.165) is 18.1 Å². The zero-order chi connectivity index (χ0) is 12.8. The van der Waals surface area contributed by atoms with Crippen molar-refractivity contribution in [2.24, 2.45) is 0 Å². The standard InChI is InChI=1S/C15H16ClNS/c1-2-17-11-12-5-3-4-6-15(12)18-14-9-7-13(16)8-10-14/h3-10,17H,2,11H2,1H3. The lowest BCUT2D eigenvalue weighted by Crippen LogP contribution is -2.12. The highest BCUT2D eigenvalue weighted by atomic mass is 35.5. The van der Waals surface area contributed by atoms with E-state index in [1.807, 2.05) is 12.1 Å². The van der Waals surface area contributed by atoms with Gasteiger partial charge < -0.3 is 5.32 Å². The average Bonchev–Trinajstić information content (AvgIpc) is 2.40. The van der Waals surface area contributed by atoms with Gasteiger partial charge in [-0.2, -0.15) is 0 Å². The summed E-state index contributed by atoms with van der Waals surface area (Å²) < 4.78 is 0. The Morgan fingerprint density at radius 2 is 1.78 bits per heavy atom. The van der Waals surface area contributed by atoms with Crippen molar-refractivity contribution in [3.63, 3.8) is 0 Å². The summed E-state index contributed by atoms with van der Waals surface area (Å²) in [7, 11) is 0. The van der Waals surface area contributed by atoms with Crippen molar-refractivity contribution in [2.75, 3.05) is 6.54 Å². The van der Waals surface area contributed by atoms with E-state index in [4.69, 9.17) is 11.6 Å². The van der Waals surface area contributed by atoms with Crippen molar-refractivity contribution < 1.29 is 0 Å². The van der Waals surface area contributed by atoms with Crippen molar-refractivity contribution in [3.05, 3.63) is 59.1 Å². The second-order valence-electron chi connectivity index (χ2n) is 3.94. The third-order valence-corrected chi connectivity index (χ3v) is 3.96. The van der Waals surface area contributed by atoms with E-state index in [0.29, 0.717) is 0 Å². The number of rotatable bonds is 5. The first-order chi connectivity index (χ1) is 8.79. The Balaban J connectivity index is 2.15. The van der Waals surface area contributed by atoms with Gasteiger partial charge in [-0.25, -0.2) is 0 Å². The Hall–Kier alpha value is -0.960. The molecule has 0 heterocycles. The molecule has 18 heavy (non-hydrogen) atoms. The monoisotopic (exact) mass is 277 g/mol. The Bertz CT molecular complexity index is 496. The Labute approximate surface area is 118 Å². The summed E-state index contributed by atoms with van der Waals surface area (Å²) in [6.07, 6.45) is 0. The fourth-order valence-electron chi connectivity index (χ4n) is 1.64. The van der Waals surface area contributed by atoms with E-state index in [1.165, 1.54) is 15.4 Å². The van der Waals surface area contributed by atoms with Gasteiger partial charge in [0, 0.05) is 21.4 Å². The fourth-order valence-corrected chi connectivity index (χ4v) is 2.71. The lowest BCUT2D eigenvalue weighted by atomic mass is 10.2. The summed E-state index contributed by atoms with van der Waals surface area (Å²) in [5, 5.41) is 4.14. The predicted molar refractivity (Wildman–Crippen MR) is 79.4 cm³/mol. The van der Waals surface area contributed by atoms with E-state index >= 15 is 0 Å². The molecule has 2 aromatic rings. The molecule has 3 heteroatoms. The van der Waals surface area contributed by atoms with E-state index in [9.17, 15) is 0 Å². The minimum atomic E-state index is 0.778. The van der Waals surface area contributed by atoms with Crippen LogP contribution in [0, 0.1) is 0 Å². The molecule has 0 saturated carbocycles. The number of halogens is 1. The Morgan fingerprint density at radius 1 is 1.06 bits per heavy atom. The molecular weight excluding hydrogens is 262 g/mol. The summed E-state index contributed by atoms with van der Waals surface area (Å²) in [6, 6.07) is 16.4. The maximum Gasteiger partial charge on any atom is 0.0406 e. The fraction of sp³-hybridized carbons (Fsp3) is 0.200. The largest absolute Gasteiger partial charge is 0.313 e. The van der Waals surface area contributed by atoms with Gasteiger partial charge in [0.2, 0.25) is 0 Å². The van der Waals surface area contributed by atoms with Crippen LogP contribution in [-0.4, -0.2) is 6.54 Å². The van der Waals surface area contributed by atoms with Crippen LogP contribution in [0.15, 0.2) is 58.3 Å². The van der Waals surface area contributed by atoms with Crippen molar-refractivity contribution >= 4 is 23.4 Å². The third-order valence-electron chi connectivity index (χ3n) is 2.58. The van der Waals surface area contributed by atoms with Crippen LogP contribution in [0.3, 0.4) is 0 Å². The highest BCUT2D eigenvalue weighted by molar-refractivity contribution is 7.99. The number of benzene rings is 2. The first-order valence-corrected chi connectivity index (χ1v) is 7.21. The molecule has 0 fully saturated rings. The van der Waals surface area contributed by atoms with Crippen LogP contribution in [0.25, 0.3) is 0 Å². The smallest absolute Gasteiger partial charge is 0.0406 e.